The van der Waals surface area contributed by atoms with Crippen LogP contribution < -0.4 is 25.4 Å². The van der Waals surface area contributed by atoms with E-state index >= 15 is 0 Å². The van der Waals surface area contributed by atoms with Crippen molar-refractivity contribution < 1.29 is 38.5 Å². The van der Waals surface area contributed by atoms with Crippen LogP contribution in [0.2, 0.25) is 5.02 Å². The highest BCUT2D eigenvalue weighted by Crippen LogP contribution is 2.52. The Kier molecular flexibility index (Phi) is 12.3. The minimum atomic E-state index is -1.53. The van der Waals surface area contributed by atoms with Gasteiger partial charge in [-0.05, 0) is 83.0 Å². The summed E-state index contributed by atoms with van der Waals surface area (Å²) < 4.78 is 18.6. The number of aliphatic carboxylic acids is 1. The van der Waals surface area contributed by atoms with Gasteiger partial charge < -0.3 is 45.1 Å². The number of fused-ring (bicyclic) bond motifs is 2. The van der Waals surface area contributed by atoms with Crippen molar-refractivity contribution in [2.24, 2.45) is 23.2 Å². The van der Waals surface area contributed by atoms with Crippen LogP contribution in [0, 0.1) is 23.2 Å². The number of anilines is 1. The number of aromatic nitrogens is 2. The number of hydrogen-bond acceptors (Lipinski definition) is 12. The third-order valence-electron chi connectivity index (χ3n) is 11.8. The minimum absolute atomic E-state index is 0.0238. The van der Waals surface area contributed by atoms with Crippen LogP contribution in [0.15, 0.2) is 36.2 Å². The Balaban J connectivity index is 1.21. The highest BCUT2D eigenvalue weighted by Gasteiger charge is 2.61. The molecule has 1 saturated heterocycles. The number of carboxylic acids is 1. The zero-order valence-corrected chi connectivity index (χ0v) is 36.8. The number of alkyl carbamates (subject to hydrolysis) is 1. The molecule has 1 aromatic carbocycles. The van der Waals surface area contributed by atoms with E-state index in [1.807, 2.05) is 65.1 Å². The summed E-state index contributed by atoms with van der Waals surface area (Å²) in [5.41, 5.74) is -0.833. The Morgan fingerprint density at radius 1 is 1.08 bits per heavy atom. The molecule has 2 aromatic heterocycles. The number of thiazole rings is 1. The fraction of sp³-hybridized carbons (Fsp3) is 0.581. The lowest BCUT2D eigenvalue weighted by molar-refractivity contribution is -0.146. The van der Waals surface area contributed by atoms with Gasteiger partial charge in [0.2, 0.25) is 11.8 Å². The highest BCUT2D eigenvalue weighted by atomic mass is 35.5. The maximum absolute atomic E-state index is 14.7. The van der Waals surface area contributed by atoms with Gasteiger partial charge in [-0.1, -0.05) is 38.4 Å². The van der Waals surface area contributed by atoms with Crippen molar-refractivity contribution in [3.63, 3.8) is 0 Å². The van der Waals surface area contributed by atoms with E-state index in [0.29, 0.717) is 63.9 Å². The zero-order chi connectivity index (χ0) is 43.3. The molecule has 3 heterocycles. The van der Waals surface area contributed by atoms with Crippen molar-refractivity contribution >= 4 is 62.8 Å². The first-order valence-electron chi connectivity index (χ1n) is 20.6. The molecule has 1 aliphatic heterocycles. The molecule has 7 rings (SSSR count). The molecule has 4 N–H and O–H groups in total. The van der Waals surface area contributed by atoms with E-state index in [-0.39, 0.29) is 36.6 Å². The van der Waals surface area contributed by atoms with E-state index < -0.39 is 58.9 Å². The fourth-order valence-electron chi connectivity index (χ4n) is 8.34. The molecule has 8 atom stereocenters. The highest BCUT2D eigenvalue weighted by molar-refractivity contribution is 7.14. The summed E-state index contributed by atoms with van der Waals surface area (Å²) >= 11 is 8.45. The van der Waals surface area contributed by atoms with Gasteiger partial charge in [0.15, 0.2) is 5.13 Å². The quantitative estimate of drug-likeness (QED) is 0.120. The molecule has 0 bridgehead atoms. The van der Waals surface area contributed by atoms with Gasteiger partial charge in [0, 0.05) is 41.8 Å². The maximum Gasteiger partial charge on any atom is 0.408 e. The molecule has 1 unspecified atom stereocenters. The van der Waals surface area contributed by atoms with Gasteiger partial charge in [-0.3, -0.25) is 9.59 Å². The molecule has 60 heavy (non-hydrogen) atoms. The summed E-state index contributed by atoms with van der Waals surface area (Å²) in [5, 5.41) is 22.5. The van der Waals surface area contributed by atoms with Crippen LogP contribution in [-0.4, -0.2) is 118 Å². The van der Waals surface area contributed by atoms with Crippen molar-refractivity contribution in [3.8, 4) is 22.9 Å². The normalized spacial score (nSPS) is 26.1. The SMILES string of the molecule is C=C[C@@H]1CC1(NC(=O)[C@@H]1C[C@@H](Oc2cc(-c3csc(NC(C)C)n3)nc3c(Cl)c(OCCN(C)C)ccc23)CN1C(=O)[C@@H](NC(=O)O[C@@H]1C[C@@H]2C[C@@H]2C1)C(C)(C)C)C(=O)O. The molecular formula is C43H56ClN7O8S. The van der Waals surface area contributed by atoms with Gasteiger partial charge >= 0.3 is 12.1 Å². The molecule has 3 amide bonds. The number of nitrogens with zero attached hydrogens (tertiary/aromatic N) is 4. The van der Waals surface area contributed by atoms with Gasteiger partial charge in [0.25, 0.3) is 0 Å². The van der Waals surface area contributed by atoms with Gasteiger partial charge in [-0.2, -0.15) is 0 Å². The van der Waals surface area contributed by atoms with Gasteiger partial charge in [0.05, 0.1) is 17.8 Å². The van der Waals surface area contributed by atoms with Gasteiger partial charge in [-0.15, -0.1) is 17.9 Å². The van der Waals surface area contributed by atoms with E-state index in [1.54, 1.807) is 12.1 Å². The number of carbonyl (C=O) groups is 4. The number of halogens is 1. The lowest BCUT2D eigenvalue weighted by Crippen LogP contribution is -2.59. The standard InChI is InChI=1S/C43H56ClN7O8S/c1-9-25-19-43(25,39(54)55)49-37(52)31-17-27(20-51(31)38(53)36(42(4,5)6)48-41(56)59-26-15-23-14-24(23)16-26)58-33-18-29(30-21-60-40(47-30)45-22(2)3)46-35-28(33)10-11-32(34(35)44)57-13-12-50(7)8/h9-11,18,21-27,31,36H,1,12-17,19-20H2,2-8H3,(H,45,47)(H,48,56)(H,49,52)(H,54,55)/t23-,24+,25-,26+,27-,31+,36-,43?/m1/s1. The zero-order valence-electron chi connectivity index (χ0n) is 35.2. The predicted molar refractivity (Wildman–Crippen MR) is 229 cm³/mol. The number of carboxylic acid groups (broad SMARTS) is 1. The van der Waals surface area contributed by atoms with Crippen LogP contribution in [0.1, 0.15) is 66.7 Å². The van der Waals surface area contributed by atoms with Crippen molar-refractivity contribution in [2.75, 3.05) is 39.1 Å². The molecule has 324 valence electrons. The maximum atomic E-state index is 14.7. The van der Waals surface area contributed by atoms with Crippen LogP contribution >= 0.6 is 22.9 Å². The summed E-state index contributed by atoms with van der Waals surface area (Å²) in [6, 6.07) is 3.27. The monoisotopic (exact) mass is 865 g/mol. The van der Waals surface area contributed by atoms with Crippen molar-refractivity contribution in [1.29, 1.82) is 0 Å². The van der Waals surface area contributed by atoms with Gasteiger partial charge in [0.1, 0.15) is 58.7 Å². The van der Waals surface area contributed by atoms with Crippen LogP contribution in [0.3, 0.4) is 0 Å². The van der Waals surface area contributed by atoms with E-state index in [9.17, 15) is 24.3 Å². The number of ether oxygens (including phenoxy) is 3. The number of amides is 3. The summed E-state index contributed by atoms with van der Waals surface area (Å²) in [6.45, 7) is 14.3. The van der Waals surface area contributed by atoms with Crippen LogP contribution in [0.5, 0.6) is 11.5 Å². The van der Waals surface area contributed by atoms with Gasteiger partial charge in [-0.25, -0.2) is 19.6 Å². The second-order valence-electron chi connectivity index (χ2n) is 18.3. The molecule has 0 radical (unpaired) electrons. The first-order valence-corrected chi connectivity index (χ1v) is 21.9. The third-order valence-corrected chi connectivity index (χ3v) is 13.0. The topological polar surface area (TPSA) is 185 Å². The Morgan fingerprint density at radius 3 is 2.45 bits per heavy atom. The lowest BCUT2D eigenvalue weighted by atomic mass is 9.85. The molecule has 0 spiro atoms. The molecular weight excluding hydrogens is 810 g/mol. The number of hydrogen-bond donors (Lipinski definition) is 4. The smallest absolute Gasteiger partial charge is 0.408 e. The number of carbonyl (C=O) groups excluding carboxylic acids is 3. The Hall–Kier alpha value is -4.67. The summed E-state index contributed by atoms with van der Waals surface area (Å²) in [7, 11) is 3.90. The largest absolute Gasteiger partial charge is 0.491 e. The van der Waals surface area contributed by atoms with E-state index in [4.69, 9.17) is 35.8 Å². The molecule has 17 heteroatoms. The Bertz CT molecular complexity index is 2150. The number of rotatable bonds is 16. The molecule has 4 aliphatic rings. The number of benzene rings is 1. The second-order valence-corrected chi connectivity index (χ2v) is 19.5. The molecule has 3 saturated carbocycles. The number of likely N-dealkylation sites (N-methyl/N-ethyl adjacent to an activating group) is 1. The average Bonchev–Trinajstić information content (AvgIpc) is 3.84. The lowest BCUT2D eigenvalue weighted by Gasteiger charge is -2.35. The predicted octanol–water partition coefficient (Wildman–Crippen LogP) is 6.21. The van der Waals surface area contributed by atoms with Crippen molar-refractivity contribution in [3.05, 3.63) is 41.3 Å². The summed E-state index contributed by atoms with van der Waals surface area (Å²) in [6.07, 6.45) is 2.87. The van der Waals surface area contributed by atoms with Crippen LogP contribution in [-0.2, 0) is 19.1 Å². The fourth-order valence-corrected chi connectivity index (χ4v) is 9.45. The molecule has 3 aromatic rings. The van der Waals surface area contributed by atoms with Crippen molar-refractivity contribution in [1.82, 2.24) is 30.4 Å². The minimum Gasteiger partial charge on any atom is -0.491 e. The molecule has 4 fully saturated rings. The summed E-state index contributed by atoms with van der Waals surface area (Å²) in [5.74, 6) is -0.781. The number of pyridine rings is 1. The van der Waals surface area contributed by atoms with E-state index in [0.717, 1.165) is 12.8 Å². The van der Waals surface area contributed by atoms with E-state index in [2.05, 4.69) is 22.5 Å². The van der Waals surface area contributed by atoms with Crippen LogP contribution in [0.4, 0.5) is 9.93 Å². The van der Waals surface area contributed by atoms with Crippen molar-refractivity contribution in [2.45, 2.75) is 103 Å². The Labute approximate surface area is 359 Å². The Morgan fingerprint density at radius 2 is 1.82 bits per heavy atom. The average molecular weight is 866 g/mol. The second kappa shape index (κ2) is 17.0. The number of likely N-dealkylation sites (tertiary alicyclic amines) is 1. The molecule has 15 nitrogen and oxygen atoms in total. The van der Waals surface area contributed by atoms with E-state index in [1.165, 1.54) is 28.7 Å². The first-order chi connectivity index (χ1) is 28.4. The number of nitrogens with one attached hydrogen (secondary N) is 3. The van der Waals surface area contributed by atoms with Crippen LogP contribution in [0.25, 0.3) is 22.3 Å². The summed E-state index contributed by atoms with van der Waals surface area (Å²) in [4.78, 5) is 67.8. The first kappa shape index (κ1) is 43.4. The molecule has 3 aliphatic carbocycles. The third kappa shape index (κ3) is 9.30.